The zero-order valence-electron chi connectivity index (χ0n) is 18.2. The lowest BCUT2D eigenvalue weighted by Crippen LogP contribution is -2.50. The topological polar surface area (TPSA) is 37.3 Å². The van der Waals surface area contributed by atoms with Crippen molar-refractivity contribution in [1.29, 1.82) is 0 Å². The van der Waals surface area contributed by atoms with Crippen LogP contribution in [-0.4, -0.2) is 42.1 Å². The van der Waals surface area contributed by atoms with Crippen molar-refractivity contribution in [2.24, 2.45) is 0 Å². The molecule has 0 saturated carbocycles. The third kappa shape index (κ3) is 8.04. The standard InChI is InChI=1S/C24H41NO2/c1-5-8-14-25(15-9-6-2,16-10-7-3)17-12-11-13-22-18-21(4)24(27)23(19-22)20-26/h18-20H,5-17H2,1-4H3/p+1. The smallest absolute Gasteiger partial charge is 0.153 e. The molecule has 0 aliphatic carbocycles. The van der Waals surface area contributed by atoms with Crippen molar-refractivity contribution < 1.29 is 14.4 Å². The molecule has 0 bridgehead atoms. The van der Waals surface area contributed by atoms with Crippen LogP contribution in [0.15, 0.2) is 12.1 Å². The van der Waals surface area contributed by atoms with Crippen molar-refractivity contribution in [3.05, 3.63) is 28.8 Å². The molecule has 1 aromatic carbocycles. The molecule has 0 atom stereocenters. The molecule has 0 spiro atoms. The average molecular weight is 377 g/mol. The number of quaternary nitrogens is 1. The lowest BCUT2D eigenvalue weighted by atomic mass is 10.0. The maximum Gasteiger partial charge on any atom is 0.153 e. The number of phenols is 1. The van der Waals surface area contributed by atoms with Gasteiger partial charge in [0.15, 0.2) is 6.29 Å². The number of unbranched alkanes of at least 4 members (excludes halogenated alkanes) is 4. The van der Waals surface area contributed by atoms with Gasteiger partial charge >= 0.3 is 0 Å². The van der Waals surface area contributed by atoms with Crippen LogP contribution in [0, 0.1) is 6.92 Å². The number of carbonyl (C=O) groups excluding carboxylic acids is 1. The zero-order chi connectivity index (χ0) is 20.1. The van der Waals surface area contributed by atoms with Crippen LogP contribution < -0.4 is 0 Å². The minimum atomic E-state index is 0.128. The first kappa shape index (κ1) is 23.7. The lowest BCUT2D eigenvalue weighted by molar-refractivity contribution is -0.929. The SMILES string of the molecule is CCCC[N+](CCCC)(CCCC)CCCCc1cc(C)c(O)c(C=O)c1. The molecule has 154 valence electrons. The molecule has 1 rings (SSSR count). The van der Waals surface area contributed by atoms with Crippen LogP contribution in [0.1, 0.15) is 93.6 Å². The second-order valence-electron chi connectivity index (χ2n) is 8.22. The van der Waals surface area contributed by atoms with E-state index in [0.29, 0.717) is 5.56 Å². The summed E-state index contributed by atoms with van der Waals surface area (Å²) in [4.78, 5) is 11.1. The maximum atomic E-state index is 11.1. The molecule has 1 aromatic rings. The molecule has 0 fully saturated rings. The van der Waals surface area contributed by atoms with Gasteiger partial charge in [0.05, 0.1) is 31.7 Å². The Labute approximate surface area is 167 Å². The number of hydrogen-bond acceptors (Lipinski definition) is 2. The van der Waals surface area contributed by atoms with Crippen molar-refractivity contribution >= 4 is 6.29 Å². The molecule has 3 heteroatoms. The fourth-order valence-corrected chi connectivity index (χ4v) is 4.05. The van der Waals surface area contributed by atoms with E-state index in [2.05, 4.69) is 20.8 Å². The average Bonchev–Trinajstić information content (AvgIpc) is 2.68. The van der Waals surface area contributed by atoms with E-state index in [-0.39, 0.29) is 5.75 Å². The summed E-state index contributed by atoms with van der Waals surface area (Å²) < 4.78 is 1.30. The Morgan fingerprint density at radius 2 is 1.37 bits per heavy atom. The van der Waals surface area contributed by atoms with Crippen LogP contribution in [0.2, 0.25) is 0 Å². The van der Waals surface area contributed by atoms with Crippen molar-refractivity contribution in [2.45, 2.75) is 85.5 Å². The predicted octanol–water partition coefficient (Wildman–Crippen LogP) is 6.05. The van der Waals surface area contributed by atoms with Gasteiger partial charge in [0.25, 0.3) is 0 Å². The number of hydrogen-bond donors (Lipinski definition) is 1. The van der Waals surface area contributed by atoms with Gasteiger partial charge in [0.2, 0.25) is 0 Å². The summed E-state index contributed by atoms with van der Waals surface area (Å²) in [6.45, 7) is 14.0. The summed E-state index contributed by atoms with van der Waals surface area (Å²) in [6.07, 6.45) is 11.9. The number of aryl methyl sites for hydroxylation is 2. The van der Waals surface area contributed by atoms with Gasteiger partial charge in [-0.15, -0.1) is 0 Å². The lowest BCUT2D eigenvalue weighted by Gasteiger charge is -2.39. The molecule has 0 aliphatic rings. The van der Waals surface area contributed by atoms with Gasteiger partial charge in [0, 0.05) is 0 Å². The summed E-state index contributed by atoms with van der Waals surface area (Å²) in [5.74, 6) is 0.128. The first-order valence-electron chi connectivity index (χ1n) is 11.1. The highest BCUT2D eigenvalue weighted by atomic mass is 16.3. The number of benzene rings is 1. The van der Waals surface area contributed by atoms with Gasteiger partial charge in [-0.1, -0.05) is 46.1 Å². The Morgan fingerprint density at radius 3 is 1.85 bits per heavy atom. The van der Waals surface area contributed by atoms with E-state index in [1.54, 1.807) is 0 Å². The quantitative estimate of drug-likeness (QED) is 0.230. The minimum absolute atomic E-state index is 0.128. The fourth-order valence-electron chi connectivity index (χ4n) is 4.05. The Bertz CT molecular complexity index is 532. The van der Waals surface area contributed by atoms with Crippen molar-refractivity contribution in [1.82, 2.24) is 0 Å². The Balaban J connectivity index is 2.68. The van der Waals surface area contributed by atoms with Crippen LogP contribution in [0.25, 0.3) is 0 Å². The molecule has 0 saturated heterocycles. The van der Waals surface area contributed by atoms with Gasteiger partial charge in [-0.3, -0.25) is 4.79 Å². The van der Waals surface area contributed by atoms with Crippen molar-refractivity contribution in [3.63, 3.8) is 0 Å². The minimum Gasteiger partial charge on any atom is -0.507 e. The van der Waals surface area contributed by atoms with E-state index in [1.165, 1.54) is 81.2 Å². The summed E-state index contributed by atoms with van der Waals surface area (Å²) in [7, 11) is 0. The normalized spacial score (nSPS) is 11.7. The molecule has 3 nitrogen and oxygen atoms in total. The van der Waals surface area contributed by atoms with Crippen LogP contribution in [0.3, 0.4) is 0 Å². The number of rotatable bonds is 15. The number of aldehydes is 1. The predicted molar refractivity (Wildman–Crippen MR) is 116 cm³/mol. The highest BCUT2D eigenvalue weighted by Crippen LogP contribution is 2.24. The third-order valence-electron chi connectivity index (χ3n) is 5.82. The molecule has 27 heavy (non-hydrogen) atoms. The zero-order valence-corrected chi connectivity index (χ0v) is 18.2. The maximum absolute atomic E-state index is 11.1. The fraction of sp³-hybridized carbons (Fsp3) is 0.708. The molecule has 0 amide bonds. The van der Waals surface area contributed by atoms with E-state index in [9.17, 15) is 9.90 Å². The third-order valence-corrected chi connectivity index (χ3v) is 5.82. The molecule has 0 aliphatic heterocycles. The second kappa shape index (κ2) is 12.9. The van der Waals surface area contributed by atoms with Crippen LogP contribution >= 0.6 is 0 Å². The second-order valence-corrected chi connectivity index (χ2v) is 8.22. The molecule has 0 heterocycles. The van der Waals surface area contributed by atoms with E-state index >= 15 is 0 Å². The largest absolute Gasteiger partial charge is 0.507 e. The highest BCUT2D eigenvalue weighted by Gasteiger charge is 2.25. The van der Waals surface area contributed by atoms with Gasteiger partial charge < -0.3 is 9.59 Å². The van der Waals surface area contributed by atoms with E-state index in [4.69, 9.17) is 0 Å². The molecule has 1 N–H and O–H groups in total. The Kier molecular flexibility index (Phi) is 11.3. The molecular formula is C24H42NO2+. The number of aromatic hydroxyl groups is 1. The molecular weight excluding hydrogens is 334 g/mol. The summed E-state index contributed by atoms with van der Waals surface area (Å²) in [6, 6.07) is 3.87. The Morgan fingerprint density at radius 1 is 0.852 bits per heavy atom. The van der Waals surface area contributed by atoms with Gasteiger partial charge in [-0.05, 0) is 62.6 Å². The molecule has 0 radical (unpaired) electrons. The van der Waals surface area contributed by atoms with Crippen LogP contribution in [-0.2, 0) is 6.42 Å². The summed E-state index contributed by atoms with van der Waals surface area (Å²) >= 11 is 0. The van der Waals surface area contributed by atoms with E-state index in [1.807, 2.05) is 19.1 Å². The number of phenolic OH excluding ortho intramolecular Hbond substituents is 1. The van der Waals surface area contributed by atoms with Crippen LogP contribution in [0.4, 0.5) is 0 Å². The number of carbonyl (C=O) groups is 1. The first-order chi connectivity index (χ1) is 13.0. The Hall–Kier alpha value is -1.35. The van der Waals surface area contributed by atoms with Crippen LogP contribution in [0.5, 0.6) is 5.75 Å². The van der Waals surface area contributed by atoms with Crippen molar-refractivity contribution in [2.75, 3.05) is 26.2 Å². The van der Waals surface area contributed by atoms with Gasteiger partial charge in [0.1, 0.15) is 5.75 Å². The molecule has 0 aromatic heterocycles. The summed E-state index contributed by atoms with van der Waals surface area (Å²) in [5, 5.41) is 9.91. The van der Waals surface area contributed by atoms with Gasteiger partial charge in [-0.2, -0.15) is 0 Å². The highest BCUT2D eigenvalue weighted by molar-refractivity contribution is 5.80. The van der Waals surface area contributed by atoms with E-state index in [0.717, 1.165) is 24.7 Å². The van der Waals surface area contributed by atoms with E-state index < -0.39 is 0 Å². The summed E-state index contributed by atoms with van der Waals surface area (Å²) in [5.41, 5.74) is 2.39. The first-order valence-corrected chi connectivity index (χ1v) is 11.1. The molecule has 0 unspecified atom stereocenters. The number of nitrogens with zero attached hydrogens (tertiary/aromatic N) is 1. The van der Waals surface area contributed by atoms with Crippen molar-refractivity contribution in [3.8, 4) is 5.75 Å². The van der Waals surface area contributed by atoms with Gasteiger partial charge in [-0.25, -0.2) is 0 Å². The monoisotopic (exact) mass is 376 g/mol.